The van der Waals surface area contributed by atoms with Gasteiger partial charge in [0.2, 0.25) is 0 Å². The van der Waals surface area contributed by atoms with Crippen LogP contribution in [0.1, 0.15) is 49.3 Å². The minimum absolute atomic E-state index is 0.176. The Balaban J connectivity index is 3.22. The molecule has 0 saturated heterocycles. The molecule has 0 saturated carbocycles. The van der Waals surface area contributed by atoms with Gasteiger partial charge in [-0.15, -0.1) is 0 Å². The number of hydrogen-bond donors (Lipinski definition) is 2. The largest absolute Gasteiger partial charge is 0.480 e. The lowest BCUT2D eigenvalue weighted by Gasteiger charge is -2.23. The monoisotopic (exact) mass is 235 g/mol. The van der Waals surface area contributed by atoms with Crippen LogP contribution in [0.2, 0.25) is 0 Å². The third-order valence-corrected chi connectivity index (χ3v) is 3.25. The Morgan fingerprint density at radius 1 is 1.29 bits per heavy atom. The maximum atomic E-state index is 11.0. The molecule has 0 aliphatic rings. The van der Waals surface area contributed by atoms with Gasteiger partial charge in [-0.3, -0.25) is 4.79 Å². The molecule has 0 aliphatic carbocycles. The van der Waals surface area contributed by atoms with E-state index in [4.69, 9.17) is 10.8 Å². The van der Waals surface area contributed by atoms with E-state index in [-0.39, 0.29) is 5.92 Å². The van der Waals surface area contributed by atoms with Crippen LogP contribution in [0.15, 0.2) is 18.2 Å². The van der Waals surface area contributed by atoms with Crippen molar-refractivity contribution in [2.24, 2.45) is 5.73 Å². The lowest BCUT2D eigenvalue weighted by atomic mass is 9.84. The molecule has 2 unspecified atom stereocenters. The van der Waals surface area contributed by atoms with Crippen molar-refractivity contribution >= 4 is 5.97 Å². The van der Waals surface area contributed by atoms with Crippen LogP contribution < -0.4 is 5.73 Å². The summed E-state index contributed by atoms with van der Waals surface area (Å²) in [6.07, 6.45) is 0. The van der Waals surface area contributed by atoms with Gasteiger partial charge in [0.1, 0.15) is 6.04 Å². The summed E-state index contributed by atoms with van der Waals surface area (Å²) in [5.41, 5.74) is 9.18. The van der Waals surface area contributed by atoms with Crippen molar-refractivity contribution in [1.29, 1.82) is 0 Å². The predicted octanol–water partition coefficient (Wildman–Crippen LogP) is 2.63. The standard InChI is InChI=1S/C14H21NO2/c1-8(2)12-9(3)6-5-7-11(12)10(4)13(15)14(16)17/h5-8,10,13H,15H2,1-4H3,(H,16,17). The van der Waals surface area contributed by atoms with Gasteiger partial charge >= 0.3 is 5.97 Å². The molecule has 0 bridgehead atoms. The second-order valence-corrected chi connectivity index (χ2v) is 4.89. The molecule has 0 radical (unpaired) electrons. The second-order valence-electron chi connectivity index (χ2n) is 4.89. The SMILES string of the molecule is Cc1cccc(C(C)C(N)C(=O)O)c1C(C)C. The molecule has 94 valence electrons. The number of benzene rings is 1. The molecule has 1 rings (SSSR count). The van der Waals surface area contributed by atoms with Gasteiger partial charge in [0.05, 0.1) is 0 Å². The highest BCUT2D eigenvalue weighted by molar-refractivity contribution is 5.74. The summed E-state index contributed by atoms with van der Waals surface area (Å²) in [6, 6.07) is 5.14. The fourth-order valence-corrected chi connectivity index (χ4v) is 2.30. The van der Waals surface area contributed by atoms with Crippen LogP contribution in [0.5, 0.6) is 0 Å². The van der Waals surface area contributed by atoms with Crippen LogP contribution in [-0.2, 0) is 4.79 Å². The van der Waals surface area contributed by atoms with Gasteiger partial charge in [0, 0.05) is 5.92 Å². The Morgan fingerprint density at radius 2 is 1.88 bits per heavy atom. The Morgan fingerprint density at radius 3 is 2.35 bits per heavy atom. The molecule has 0 amide bonds. The van der Waals surface area contributed by atoms with Crippen LogP contribution in [0.25, 0.3) is 0 Å². The van der Waals surface area contributed by atoms with Crippen molar-refractivity contribution < 1.29 is 9.90 Å². The maximum absolute atomic E-state index is 11.0. The van der Waals surface area contributed by atoms with Gasteiger partial charge in [0.25, 0.3) is 0 Å². The quantitative estimate of drug-likeness (QED) is 0.843. The number of carbonyl (C=O) groups is 1. The van der Waals surface area contributed by atoms with E-state index in [1.807, 2.05) is 19.1 Å². The Kier molecular flexibility index (Phi) is 4.29. The van der Waals surface area contributed by atoms with Crippen LogP contribution in [0.3, 0.4) is 0 Å². The summed E-state index contributed by atoms with van der Waals surface area (Å²) < 4.78 is 0. The van der Waals surface area contributed by atoms with E-state index >= 15 is 0 Å². The summed E-state index contributed by atoms with van der Waals surface area (Å²) in [5.74, 6) is -0.756. The summed E-state index contributed by atoms with van der Waals surface area (Å²) in [6.45, 7) is 8.16. The predicted molar refractivity (Wildman–Crippen MR) is 69.3 cm³/mol. The Bertz CT molecular complexity index is 413. The van der Waals surface area contributed by atoms with E-state index < -0.39 is 12.0 Å². The third kappa shape index (κ3) is 2.86. The highest BCUT2D eigenvalue weighted by Gasteiger charge is 2.24. The molecule has 2 atom stereocenters. The van der Waals surface area contributed by atoms with Gasteiger partial charge in [-0.2, -0.15) is 0 Å². The van der Waals surface area contributed by atoms with Gasteiger partial charge in [-0.1, -0.05) is 39.0 Å². The van der Waals surface area contributed by atoms with E-state index in [1.54, 1.807) is 0 Å². The number of rotatable bonds is 4. The topological polar surface area (TPSA) is 63.3 Å². The number of aryl methyl sites for hydroxylation is 1. The van der Waals surface area contributed by atoms with Crippen molar-refractivity contribution in [1.82, 2.24) is 0 Å². The molecular weight excluding hydrogens is 214 g/mol. The molecule has 3 N–H and O–H groups in total. The molecular formula is C14H21NO2. The zero-order valence-electron chi connectivity index (χ0n) is 10.9. The number of carboxylic acid groups (broad SMARTS) is 1. The normalized spacial score (nSPS) is 14.7. The van der Waals surface area contributed by atoms with Gasteiger partial charge in [0.15, 0.2) is 0 Å². The molecule has 0 fully saturated rings. The molecule has 0 heterocycles. The van der Waals surface area contributed by atoms with Crippen molar-refractivity contribution in [3.8, 4) is 0 Å². The van der Waals surface area contributed by atoms with Crippen molar-refractivity contribution in [3.63, 3.8) is 0 Å². The summed E-state index contributed by atoms with van der Waals surface area (Å²) in [5, 5.41) is 8.99. The minimum atomic E-state index is -0.950. The third-order valence-electron chi connectivity index (χ3n) is 3.25. The van der Waals surface area contributed by atoms with E-state index in [2.05, 4.69) is 26.8 Å². The van der Waals surface area contributed by atoms with Crippen LogP contribution >= 0.6 is 0 Å². The number of nitrogens with two attached hydrogens (primary N) is 1. The molecule has 0 aromatic heterocycles. The average Bonchev–Trinajstić information content (AvgIpc) is 2.25. The molecule has 1 aromatic carbocycles. The second kappa shape index (κ2) is 5.32. The van der Waals surface area contributed by atoms with E-state index in [1.165, 1.54) is 11.1 Å². The Hall–Kier alpha value is -1.35. The summed E-state index contributed by atoms with van der Waals surface area (Å²) in [7, 11) is 0. The summed E-state index contributed by atoms with van der Waals surface area (Å²) in [4.78, 5) is 11.0. The van der Waals surface area contributed by atoms with Crippen LogP contribution in [0, 0.1) is 6.92 Å². The Labute approximate surface area is 103 Å². The van der Waals surface area contributed by atoms with Crippen molar-refractivity contribution in [2.45, 2.75) is 45.6 Å². The first-order valence-corrected chi connectivity index (χ1v) is 5.94. The van der Waals surface area contributed by atoms with Gasteiger partial charge in [-0.25, -0.2) is 0 Å². The first-order chi connectivity index (χ1) is 7.86. The van der Waals surface area contributed by atoms with Crippen molar-refractivity contribution in [3.05, 3.63) is 34.9 Å². The zero-order chi connectivity index (χ0) is 13.2. The molecule has 1 aromatic rings. The van der Waals surface area contributed by atoms with Crippen LogP contribution in [0.4, 0.5) is 0 Å². The van der Waals surface area contributed by atoms with E-state index in [0.717, 1.165) is 5.56 Å². The zero-order valence-corrected chi connectivity index (χ0v) is 10.9. The van der Waals surface area contributed by atoms with Crippen molar-refractivity contribution in [2.75, 3.05) is 0 Å². The van der Waals surface area contributed by atoms with E-state index in [9.17, 15) is 4.79 Å². The maximum Gasteiger partial charge on any atom is 0.321 e. The highest BCUT2D eigenvalue weighted by atomic mass is 16.4. The average molecular weight is 235 g/mol. The summed E-state index contributed by atoms with van der Waals surface area (Å²) >= 11 is 0. The number of hydrogen-bond acceptors (Lipinski definition) is 2. The number of carboxylic acids is 1. The lowest BCUT2D eigenvalue weighted by Crippen LogP contribution is -2.35. The highest BCUT2D eigenvalue weighted by Crippen LogP contribution is 2.30. The smallest absolute Gasteiger partial charge is 0.321 e. The fourth-order valence-electron chi connectivity index (χ4n) is 2.30. The molecule has 0 aliphatic heterocycles. The van der Waals surface area contributed by atoms with Gasteiger partial charge < -0.3 is 10.8 Å². The van der Waals surface area contributed by atoms with E-state index in [0.29, 0.717) is 5.92 Å². The molecule has 0 spiro atoms. The molecule has 3 heteroatoms. The fraction of sp³-hybridized carbons (Fsp3) is 0.500. The molecule has 3 nitrogen and oxygen atoms in total. The minimum Gasteiger partial charge on any atom is -0.480 e. The lowest BCUT2D eigenvalue weighted by molar-refractivity contribution is -0.139. The van der Waals surface area contributed by atoms with Crippen LogP contribution in [-0.4, -0.2) is 17.1 Å². The number of aliphatic carboxylic acids is 1. The van der Waals surface area contributed by atoms with Gasteiger partial charge in [-0.05, 0) is 29.5 Å². The first kappa shape index (κ1) is 13.7. The molecule has 17 heavy (non-hydrogen) atoms. The first-order valence-electron chi connectivity index (χ1n) is 5.94.